The summed E-state index contributed by atoms with van der Waals surface area (Å²) < 4.78 is 13.2. The molecule has 0 aliphatic carbocycles. The molecular weight excluding hydrogens is 319 g/mol. The van der Waals surface area contributed by atoms with Crippen molar-refractivity contribution in [3.8, 4) is 0 Å². The molecule has 2 amide bonds. The Hall–Kier alpha value is -1.91. The van der Waals surface area contributed by atoms with E-state index in [1.807, 2.05) is 18.7 Å². The molecule has 0 bridgehead atoms. The van der Waals surface area contributed by atoms with E-state index in [9.17, 15) is 14.0 Å². The van der Waals surface area contributed by atoms with Crippen molar-refractivity contribution < 1.29 is 14.0 Å². The molecule has 0 spiro atoms. The molecule has 1 aromatic rings. The molecule has 0 radical (unpaired) electrons. The highest BCUT2D eigenvalue weighted by molar-refractivity contribution is 5.89. The number of nitrogens with zero attached hydrogens (tertiary/aromatic N) is 2. The van der Waals surface area contributed by atoms with Crippen LogP contribution in [0.3, 0.4) is 0 Å². The molecule has 25 heavy (non-hydrogen) atoms. The first-order valence-corrected chi connectivity index (χ1v) is 9.24. The first kappa shape index (κ1) is 17.9. The number of piperidine rings is 1. The van der Waals surface area contributed by atoms with Gasteiger partial charge in [-0.25, -0.2) is 4.39 Å². The van der Waals surface area contributed by atoms with Crippen LogP contribution in [0.1, 0.15) is 45.1 Å². The zero-order chi connectivity index (χ0) is 18.0. The van der Waals surface area contributed by atoms with Gasteiger partial charge in [-0.3, -0.25) is 9.59 Å². The highest BCUT2D eigenvalue weighted by Gasteiger charge is 2.39. The second kappa shape index (κ2) is 7.14. The van der Waals surface area contributed by atoms with E-state index in [-0.39, 0.29) is 23.5 Å². The van der Waals surface area contributed by atoms with Crippen LogP contribution in [0.5, 0.6) is 0 Å². The molecule has 1 atom stereocenters. The van der Waals surface area contributed by atoms with Crippen LogP contribution in [0.15, 0.2) is 24.3 Å². The summed E-state index contributed by atoms with van der Waals surface area (Å²) in [7, 11) is 0. The van der Waals surface area contributed by atoms with Crippen LogP contribution in [-0.4, -0.2) is 47.8 Å². The number of rotatable bonds is 3. The van der Waals surface area contributed by atoms with E-state index in [4.69, 9.17) is 0 Å². The van der Waals surface area contributed by atoms with Gasteiger partial charge in [-0.1, -0.05) is 12.1 Å². The van der Waals surface area contributed by atoms with E-state index < -0.39 is 5.41 Å². The topological polar surface area (TPSA) is 40.6 Å². The van der Waals surface area contributed by atoms with Gasteiger partial charge in [0.1, 0.15) is 5.82 Å². The second-order valence-electron chi connectivity index (χ2n) is 7.75. The van der Waals surface area contributed by atoms with Gasteiger partial charge in [0.2, 0.25) is 11.8 Å². The average Bonchev–Trinajstić information content (AvgIpc) is 3.11. The molecule has 3 rings (SSSR count). The number of hydrogen-bond donors (Lipinski definition) is 0. The van der Waals surface area contributed by atoms with Gasteiger partial charge in [0.25, 0.3) is 0 Å². The summed E-state index contributed by atoms with van der Waals surface area (Å²) in [6, 6.07) is 6.10. The Kier molecular flexibility index (Phi) is 5.11. The summed E-state index contributed by atoms with van der Waals surface area (Å²) in [4.78, 5) is 29.4. The number of likely N-dealkylation sites (tertiary alicyclic amines) is 2. The normalized spacial score (nSPS) is 21.5. The summed E-state index contributed by atoms with van der Waals surface area (Å²) in [6.07, 6.45) is 4.10. The number of hydrogen-bond acceptors (Lipinski definition) is 2. The van der Waals surface area contributed by atoms with Crippen molar-refractivity contribution in [2.24, 2.45) is 5.92 Å². The zero-order valence-electron chi connectivity index (χ0n) is 15.1. The lowest BCUT2D eigenvalue weighted by molar-refractivity contribution is -0.137. The maximum Gasteiger partial charge on any atom is 0.232 e. The molecule has 0 unspecified atom stereocenters. The van der Waals surface area contributed by atoms with Crippen molar-refractivity contribution >= 4 is 11.8 Å². The molecule has 2 saturated heterocycles. The predicted octanol–water partition coefficient (Wildman–Crippen LogP) is 2.96. The Morgan fingerprint density at radius 3 is 2.28 bits per heavy atom. The molecule has 2 aliphatic rings. The second-order valence-corrected chi connectivity index (χ2v) is 7.75. The predicted molar refractivity (Wildman–Crippen MR) is 94.5 cm³/mol. The molecule has 136 valence electrons. The highest BCUT2D eigenvalue weighted by atomic mass is 19.1. The van der Waals surface area contributed by atoms with Gasteiger partial charge < -0.3 is 9.80 Å². The van der Waals surface area contributed by atoms with E-state index in [0.717, 1.165) is 37.9 Å². The van der Waals surface area contributed by atoms with Gasteiger partial charge in [0.15, 0.2) is 0 Å². The smallest absolute Gasteiger partial charge is 0.232 e. The quantitative estimate of drug-likeness (QED) is 0.844. The minimum Gasteiger partial charge on any atom is -0.342 e. The lowest BCUT2D eigenvalue weighted by atomic mass is 9.83. The van der Waals surface area contributed by atoms with Crippen LogP contribution in [0, 0.1) is 11.7 Å². The fraction of sp³-hybridized carbons (Fsp3) is 0.600. The van der Waals surface area contributed by atoms with E-state index in [1.165, 1.54) is 18.6 Å². The molecule has 1 aromatic carbocycles. The minimum atomic E-state index is -0.725. The van der Waals surface area contributed by atoms with Gasteiger partial charge in [-0.2, -0.15) is 0 Å². The van der Waals surface area contributed by atoms with Crippen LogP contribution >= 0.6 is 0 Å². The van der Waals surface area contributed by atoms with Crippen molar-refractivity contribution in [2.45, 2.75) is 44.9 Å². The van der Waals surface area contributed by atoms with Crippen LogP contribution < -0.4 is 0 Å². The van der Waals surface area contributed by atoms with Crippen LogP contribution in [-0.2, 0) is 15.0 Å². The van der Waals surface area contributed by atoms with E-state index in [1.54, 1.807) is 17.0 Å². The van der Waals surface area contributed by atoms with Gasteiger partial charge in [-0.05, 0) is 57.2 Å². The van der Waals surface area contributed by atoms with E-state index in [0.29, 0.717) is 13.1 Å². The summed E-state index contributed by atoms with van der Waals surface area (Å²) >= 11 is 0. The third-order valence-corrected chi connectivity index (χ3v) is 5.59. The highest BCUT2D eigenvalue weighted by Crippen LogP contribution is 2.30. The average molecular weight is 346 g/mol. The number of halogens is 1. The fourth-order valence-electron chi connectivity index (χ4n) is 3.90. The van der Waals surface area contributed by atoms with Gasteiger partial charge in [0, 0.05) is 26.2 Å². The maximum atomic E-state index is 13.2. The lowest BCUT2D eigenvalue weighted by Gasteiger charge is -2.31. The Balaban J connectivity index is 1.65. The van der Waals surface area contributed by atoms with Crippen molar-refractivity contribution in [3.05, 3.63) is 35.6 Å². The third kappa shape index (κ3) is 3.70. The zero-order valence-corrected chi connectivity index (χ0v) is 15.1. The number of benzene rings is 1. The van der Waals surface area contributed by atoms with Gasteiger partial charge in [0.05, 0.1) is 11.3 Å². The maximum absolute atomic E-state index is 13.2. The Morgan fingerprint density at radius 1 is 1.00 bits per heavy atom. The van der Waals surface area contributed by atoms with E-state index >= 15 is 0 Å². The van der Waals surface area contributed by atoms with Crippen molar-refractivity contribution in [1.82, 2.24) is 9.80 Å². The molecule has 0 aromatic heterocycles. The molecule has 2 fully saturated rings. The molecular formula is C20H27FN2O2. The molecule has 0 saturated carbocycles. The van der Waals surface area contributed by atoms with Crippen LogP contribution in [0.4, 0.5) is 4.39 Å². The van der Waals surface area contributed by atoms with Crippen molar-refractivity contribution in [1.29, 1.82) is 0 Å². The minimum absolute atomic E-state index is 0.00746. The Morgan fingerprint density at radius 2 is 1.64 bits per heavy atom. The molecule has 4 nitrogen and oxygen atoms in total. The van der Waals surface area contributed by atoms with E-state index in [2.05, 4.69) is 0 Å². The summed E-state index contributed by atoms with van der Waals surface area (Å²) in [5, 5.41) is 0. The standard InChI is InChI=1S/C20H27FN2O2/c1-20(2,16-6-8-17(21)9-7-16)19(25)23-13-10-15(14-23)18(24)22-11-4-3-5-12-22/h6-9,15H,3-5,10-14H2,1-2H3/t15-/m0/s1. The lowest BCUT2D eigenvalue weighted by Crippen LogP contribution is -2.44. The Bertz CT molecular complexity index is 636. The molecule has 5 heteroatoms. The summed E-state index contributed by atoms with van der Waals surface area (Å²) in [5.74, 6) is -0.172. The van der Waals surface area contributed by atoms with Gasteiger partial charge in [-0.15, -0.1) is 0 Å². The summed E-state index contributed by atoms with van der Waals surface area (Å²) in [6.45, 7) is 6.55. The first-order valence-electron chi connectivity index (χ1n) is 9.24. The molecule has 2 heterocycles. The Labute approximate surface area is 149 Å². The van der Waals surface area contributed by atoms with Crippen LogP contribution in [0.25, 0.3) is 0 Å². The molecule has 2 aliphatic heterocycles. The summed E-state index contributed by atoms with van der Waals surface area (Å²) in [5.41, 5.74) is 0.0706. The van der Waals surface area contributed by atoms with Gasteiger partial charge >= 0.3 is 0 Å². The third-order valence-electron chi connectivity index (χ3n) is 5.59. The van der Waals surface area contributed by atoms with Crippen molar-refractivity contribution in [3.63, 3.8) is 0 Å². The SMILES string of the molecule is CC(C)(C(=O)N1CC[C@H](C(=O)N2CCCCC2)C1)c1ccc(F)cc1. The first-order chi connectivity index (χ1) is 11.9. The monoisotopic (exact) mass is 346 g/mol. The fourth-order valence-corrected chi connectivity index (χ4v) is 3.90. The van der Waals surface area contributed by atoms with Crippen LogP contribution in [0.2, 0.25) is 0 Å². The largest absolute Gasteiger partial charge is 0.342 e. The number of carbonyl (C=O) groups is 2. The number of amides is 2. The number of carbonyl (C=O) groups excluding carboxylic acids is 2. The molecule has 0 N–H and O–H groups in total. The van der Waals surface area contributed by atoms with Crippen molar-refractivity contribution in [2.75, 3.05) is 26.2 Å².